The van der Waals surface area contributed by atoms with Gasteiger partial charge in [-0.15, -0.1) is 0 Å². The molecule has 0 aliphatic carbocycles. The minimum atomic E-state index is 0.612. The van der Waals surface area contributed by atoms with Crippen LogP contribution in [0.15, 0.2) is 24.3 Å². The van der Waals surface area contributed by atoms with Gasteiger partial charge in [-0.25, -0.2) is 0 Å². The average Bonchev–Trinajstić information content (AvgIpc) is 2.26. The molecule has 1 N–H and O–H groups in total. The van der Waals surface area contributed by atoms with Gasteiger partial charge >= 0.3 is 0 Å². The fraction of sp³-hybridized carbons (Fsp3) is 0.625. The zero-order chi connectivity index (χ0) is 13.5. The smallest absolute Gasteiger partial charge is 0.0406 e. The highest BCUT2D eigenvalue weighted by molar-refractivity contribution is 6.30. The van der Waals surface area contributed by atoms with Crippen LogP contribution in [0, 0.1) is 11.8 Å². The lowest BCUT2D eigenvalue weighted by Gasteiger charge is -2.22. The normalized spacial score (nSPS) is 11.8. The zero-order valence-electron chi connectivity index (χ0n) is 12.0. The van der Waals surface area contributed by atoms with Gasteiger partial charge in [0.2, 0.25) is 0 Å². The van der Waals surface area contributed by atoms with Gasteiger partial charge in [-0.05, 0) is 42.4 Å². The first-order valence-corrected chi connectivity index (χ1v) is 7.33. The van der Waals surface area contributed by atoms with Crippen molar-refractivity contribution in [1.29, 1.82) is 0 Å². The molecule has 0 saturated carbocycles. The maximum atomic E-state index is 5.89. The van der Waals surface area contributed by atoms with Gasteiger partial charge in [0.1, 0.15) is 0 Å². The summed E-state index contributed by atoms with van der Waals surface area (Å²) in [5.41, 5.74) is 1.30. The Morgan fingerprint density at radius 2 is 1.44 bits per heavy atom. The Morgan fingerprint density at radius 1 is 0.944 bits per heavy atom. The Bertz CT molecular complexity index is 319. The van der Waals surface area contributed by atoms with Crippen molar-refractivity contribution in [2.24, 2.45) is 11.8 Å². The summed E-state index contributed by atoms with van der Waals surface area (Å²) in [5.74, 6) is 1.48. The van der Waals surface area contributed by atoms with Gasteiger partial charge in [-0.1, -0.05) is 51.4 Å². The van der Waals surface area contributed by atoms with Crippen LogP contribution in [-0.2, 0) is 6.54 Å². The van der Waals surface area contributed by atoms with Gasteiger partial charge in [-0.3, -0.25) is 0 Å². The highest BCUT2D eigenvalue weighted by atomic mass is 35.5. The Balaban J connectivity index is 2.47. The van der Waals surface area contributed by atoms with Crippen molar-refractivity contribution >= 4 is 11.6 Å². The number of halogens is 1. The van der Waals surface area contributed by atoms with Crippen LogP contribution in [0.5, 0.6) is 0 Å². The Kier molecular flexibility index (Phi) is 6.73. The molecule has 0 bridgehead atoms. The van der Waals surface area contributed by atoms with E-state index >= 15 is 0 Å². The van der Waals surface area contributed by atoms with Crippen molar-refractivity contribution in [2.45, 2.75) is 53.1 Å². The molecule has 0 spiro atoms. The van der Waals surface area contributed by atoms with E-state index in [0.29, 0.717) is 6.04 Å². The van der Waals surface area contributed by atoms with Crippen LogP contribution in [0.3, 0.4) is 0 Å². The molecule has 102 valence electrons. The van der Waals surface area contributed by atoms with E-state index in [9.17, 15) is 0 Å². The van der Waals surface area contributed by atoms with Crippen molar-refractivity contribution in [3.63, 3.8) is 0 Å². The number of benzene rings is 1. The number of rotatable bonds is 7. The zero-order valence-corrected chi connectivity index (χ0v) is 12.8. The van der Waals surface area contributed by atoms with Crippen molar-refractivity contribution in [2.75, 3.05) is 0 Å². The second kappa shape index (κ2) is 7.81. The lowest BCUT2D eigenvalue weighted by atomic mass is 9.95. The summed E-state index contributed by atoms with van der Waals surface area (Å²) in [5, 5.41) is 4.48. The van der Waals surface area contributed by atoms with Gasteiger partial charge in [0, 0.05) is 17.6 Å². The first-order valence-electron chi connectivity index (χ1n) is 6.95. The standard InChI is InChI=1S/C16H26ClN/c1-12(2)9-16(10-13(3)4)18-11-14-5-7-15(17)8-6-14/h5-8,12-13,16,18H,9-11H2,1-4H3. The highest BCUT2D eigenvalue weighted by Crippen LogP contribution is 2.15. The largest absolute Gasteiger partial charge is 0.310 e. The molecule has 1 aromatic carbocycles. The third-order valence-corrected chi connectivity index (χ3v) is 3.27. The van der Waals surface area contributed by atoms with E-state index in [4.69, 9.17) is 11.6 Å². The molecule has 0 radical (unpaired) electrons. The summed E-state index contributed by atoms with van der Waals surface area (Å²) in [4.78, 5) is 0. The van der Waals surface area contributed by atoms with Crippen LogP contribution in [-0.4, -0.2) is 6.04 Å². The number of hydrogen-bond acceptors (Lipinski definition) is 1. The molecule has 0 amide bonds. The van der Waals surface area contributed by atoms with Gasteiger partial charge < -0.3 is 5.32 Å². The SMILES string of the molecule is CC(C)CC(CC(C)C)NCc1ccc(Cl)cc1. The molecule has 0 unspecified atom stereocenters. The van der Waals surface area contributed by atoms with E-state index in [1.165, 1.54) is 18.4 Å². The predicted molar refractivity (Wildman–Crippen MR) is 81.0 cm³/mol. The van der Waals surface area contributed by atoms with Gasteiger partial charge in [0.05, 0.1) is 0 Å². The fourth-order valence-electron chi connectivity index (χ4n) is 2.27. The van der Waals surface area contributed by atoms with E-state index < -0.39 is 0 Å². The molecule has 0 heterocycles. The fourth-order valence-corrected chi connectivity index (χ4v) is 2.39. The molecule has 0 aromatic heterocycles. The van der Waals surface area contributed by atoms with E-state index in [1.54, 1.807) is 0 Å². The molecule has 0 saturated heterocycles. The molecule has 2 heteroatoms. The number of hydrogen-bond donors (Lipinski definition) is 1. The topological polar surface area (TPSA) is 12.0 Å². The van der Waals surface area contributed by atoms with Crippen molar-refractivity contribution in [3.8, 4) is 0 Å². The Hall–Kier alpha value is -0.530. The molecule has 18 heavy (non-hydrogen) atoms. The lowest BCUT2D eigenvalue weighted by Crippen LogP contribution is -2.31. The molecule has 0 aliphatic heterocycles. The third kappa shape index (κ3) is 6.42. The second-order valence-electron chi connectivity index (χ2n) is 5.96. The van der Waals surface area contributed by atoms with Crippen LogP contribution in [0.4, 0.5) is 0 Å². The predicted octanol–water partition coefficient (Wildman–Crippen LogP) is 4.89. The first-order chi connectivity index (χ1) is 8.47. The summed E-state index contributed by atoms with van der Waals surface area (Å²) >= 11 is 5.89. The maximum Gasteiger partial charge on any atom is 0.0406 e. The summed E-state index contributed by atoms with van der Waals surface area (Å²) in [6.45, 7) is 10.1. The van der Waals surface area contributed by atoms with Gasteiger partial charge in [-0.2, -0.15) is 0 Å². The summed E-state index contributed by atoms with van der Waals surface area (Å²) in [6.07, 6.45) is 2.48. The third-order valence-electron chi connectivity index (χ3n) is 3.02. The van der Waals surface area contributed by atoms with E-state index in [1.807, 2.05) is 12.1 Å². The highest BCUT2D eigenvalue weighted by Gasteiger charge is 2.12. The first kappa shape index (κ1) is 15.5. The van der Waals surface area contributed by atoms with E-state index in [-0.39, 0.29) is 0 Å². The average molecular weight is 268 g/mol. The molecule has 1 rings (SSSR count). The molecular weight excluding hydrogens is 242 g/mol. The molecule has 1 aromatic rings. The summed E-state index contributed by atoms with van der Waals surface area (Å²) in [6, 6.07) is 8.71. The van der Waals surface area contributed by atoms with Crippen LogP contribution >= 0.6 is 11.6 Å². The quantitative estimate of drug-likeness (QED) is 0.742. The minimum absolute atomic E-state index is 0.612. The van der Waals surface area contributed by atoms with Crippen LogP contribution in [0.2, 0.25) is 5.02 Å². The number of nitrogens with one attached hydrogen (secondary N) is 1. The maximum absolute atomic E-state index is 5.89. The Labute approximate surface area is 117 Å². The molecule has 1 nitrogen and oxygen atoms in total. The summed E-state index contributed by atoms with van der Waals surface area (Å²) < 4.78 is 0. The van der Waals surface area contributed by atoms with Gasteiger partial charge in [0.15, 0.2) is 0 Å². The lowest BCUT2D eigenvalue weighted by molar-refractivity contribution is 0.358. The van der Waals surface area contributed by atoms with Gasteiger partial charge in [0.25, 0.3) is 0 Å². The Morgan fingerprint density at radius 3 is 1.89 bits per heavy atom. The van der Waals surface area contributed by atoms with E-state index in [0.717, 1.165) is 23.4 Å². The monoisotopic (exact) mass is 267 g/mol. The van der Waals surface area contributed by atoms with Crippen molar-refractivity contribution < 1.29 is 0 Å². The summed E-state index contributed by atoms with van der Waals surface area (Å²) in [7, 11) is 0. The molecule has 0 aliphatic rings. The molecule has 0 fully saturated rings. The molecular formula is C16H26ClN. The van der Waals surface area contributed by atoms with Crippen LogP contribution in [0.25, 0.3) is 0 Å². The van der Waals surface area contributed by atoms with E-state index in [2.05, 4.69) is 45.1 Å². The van der Waals surface area contributed by atoms with Crippen molar-refractivity contribution in [1.82, 2.24) is 5.32 Å². The second-order valence-corrected chi connectivity index (χ2v) is 6.40. The molecule has 0 atom stereocenters. The van der Waals surface area contributed by atoms with Crippen LogP contribution < -0.4 is 5.32 Å². The van der Waals surface area contributed by atoms with Crippen molar-refractivity contribution in [3.05, 3.63) is 34.9 Å². The minimum Gasteiger partial charge on any atom is -0.310 e. The van der Waals surface area contributed by atoms with Crippen LogP contribution in [0.1, 0.15) is 46.1 Å².